The molecule has 3 aromatic rings. The molecule has 0 fully saturated rings. The summed E-state index contributed by atoms with van der Waals surface area (Å²) in [6.45, 7) is 11.8. The lowest BCUT2D eigenvalue weighted by atomic mass is 9.99. The van der Waals surface area contributed by atoms with Crippen LogP contribution in [0.1, 0.15) is 119 Å². The Morgan fingerprint density at radius 1 is 0.523 bits per heavy atom. The van der Waals surface area contributed by atoms with Crippen molar-refractivity contribution in [1.82, 2.24) is 0 Å². The molecule has 44 heavy (non-hydrogen) atoms. The van der Waals surface area contributed by atoms with E-state index in [2.05, 4.69) is 13.8 Å². The first-order valence-corrected chi connectivity index (χ1v) is 16.9. The summed E-state index contributed by atoms with van der Waals surface area (Å²) in [4.78, 5) is 26.5. The molecule has 242 valence electrons. The van der Waals surface area contributed by atoms with Gasteiger partial charge in [-0.25, -0.2) is 9.59 Å². The summed E-state index contributed by atoms with van der Waals surface area (Å²) in [7, 11) is 0. The summed E-state index contributed by atoms with van der Waals surface area (Å²) in [5.74, 6) is 0.569. The molecule has 0 aliphatic carbocycles. The Bertz CT molecular complexity index is 1160. The molecule has 0 heterocycles. The molecule has 0 bridgehead atoms. The third kappa shape index (κ3) is 10.4. The molecule has 0 aromatic heterocycles. The highest BCUT2D eigenvalue weighted by molar-refractivity contribution is 6.11. The highest BCUT2D eigenvalue weighted by atomic mass is 16.6. The topological polar surface area (TPSA) is 71.1 Å². The van der Waals surface area contributed by atoms with E-state index in [0.717, 1.165) is 72.9 Å². The van der Waals surface area contributed by atoms with Crippen molar-refractivity contribution in [3.8, 4) is 11.5 Å². The summed E-state index contributed by atoms with van der Waals surface area (Å²) < 4.78 is 24.6. The highest BCUT2D eigenvalue weighted by Gasteiger charge is 2.28. The predicted molar refractivity (Wildman–Crippen MR) is 179 cm³/mol. The van der Waals surface area contributed by atoms with Gasteiger partial charge in [0.1, 0.15) is 11.5 Å². The SMILES string of the molecule is CCCCCCCC(Oc1c2ccccc2c(OC(CCCCCCC)C(=O)OC(C)C)c2ccccc12)C(=O)OC(C)C. The molecule has 0 aliphatic rings. The number of unbranched alkanes of at least 4 members (excludes halogenated alkanes) is 8. The van der Waals surface area contributed by atoms with Crippen molar-refractivity contribution >= 4 is 33.5 Å². The molecular formula is C38H54O6. The molecule has 2 atom stereocenters. The number of rotatable bonds is 20. The fraction of sp³-hybridized carbons (Fsp3) is 0.579. The Morgan fingerprint density at radius 3 is 1.14 bits per heavy atom. The average Bonchev–Trinajstić information content (AvgIpc) is 2.99. The van der Waals surface area contributed by atoms with Gasteiger partial charge in [0.15, 0.2) is 12.2 Å². The van der Waals surface area contributed by atoms with Crippen LogP contribution in [-0.4, -0.2) is 36.4 Å². The lowest BCUT2D eigenvalue weighted by molar-refractivity contribution is -0.157. The van der Waals surface area contributed by atoms with Gasteiger partial charge in [0.2, 0.25) is 0 Å². The minimum Gasteiger partial charge on any atom is -0.477 e. The maximum absolute atomic E-state index is 13.3. The van der Waals surface area contributed by atoms with Gasteiger partial charge in [-0.05, 0) is 53.4 Å². The molecule has 0 amide bonds. The molecule has 0 spiro atoms. The quantitative estimate of drug-likeness (QED) is 0.0724. The molecule has 6 nitrogen and oxygen atoms in total. The van der Waals surface area contributed by atoms with Crippen LogP contribution < -0.4 is 9.47 Å². The van der Waals surface area contributed by atoms with E-state index in [1.807, 2.05) is 76.2 Å². The Hall–Kier alpha value is -3.28. The standard InChI is InChI=1S/C38H54O6/c1-7-9-11-13-15-25-33(37(39)41-27(3)4)43-35-29-21-17-19-23-31(29)36(32-24-20-18-22-30(32)35)44-34(38(40)42-28(5)6)26-16-14-12-10-8-2/h17-24,27-28,33-34H,7-16,25-26H2,1-6H3. The minimum absolute atomic E-state index is 0.234. The second-order valence-electron chi connectivity index (χ2n) is 12.3. The van der Waals surface area contributed by atoms with E-state index >= 15 is 0 Å². The van der Waals surface area contributed by atoms with Crippen LogP contribution in [0.5, 0.6) is 11.5 Å². The van der Waals surface area contributed by atoms with Gasteiger partial charge in [0.25, 0.3) is 0 Å². The van der Waals surface area contributed by atoms with Crippen LogP contribution in [0.3, 0.4) is 0 Å². The molecule has 3 rings (SSSR count). The van der Waals surface area contributed by atoms with Crippen LogP contribution in [0.4, 0.5) is 0 Å². The number of benzene rings is 3. The van der Waals surface area contributed by atoms with Gasteiger partial charge in [-0.3, -0.25) is 0 Å². The molecule has 3 aromatic carbocycles. The van der Waals surface area contributed by atoms with Crippen molar-refractivity contribution in [1.29, 1.82) is 0 Å². The second-order valence-corrected chi connectivity index (χ2v) is 12.3. The van der Waals surface area contributed by atoms with Gasteiger partial charge in [-0.15, -0.1) is 0 Å². The normalized spacial score (nSPS) is 12.9. The number of hydrogen-bond acceptors (Lipinski definition) is 6. The van der Waals surface area contributed by atoms with E-state index in [1.165, 1.54) is 12.8 Å². The van der Waals surface area contributed by atoms with E-state index < -0.39 is 12.2 Å². The fourth-order valence-corrected chi connectivity index (χ4v) is 5.52. The van der Waals surface area contributed by atoms with Gasteiger partial charge in [-0.2, -0.15) is 0 Å². The summed E-state index contributed by atoms with van der Waals surface area (Å²) in [6, 6.07) is 15.8. The number of esters is 2. The molecular weight excluding hydrogens is 552 g/mol. The summed E-state index contributed by atoms with van der Waals surface area (Å²) in [5.41, 5.74) is 0. The lowest BCUT2D eigenvalue weighted by Crippen LogP contribution is -2.32. The number of hydrogen-bond donors (Lipinski definition) is 0. The number of carbonyl (C=O) groups excluding carboxylic acids is 2. The first-order chi connectivity index (χ1) is 21.3. The van der Waals surface area contributed by atoms with E-state index in [1.54, 1.807) is 0 Å². The predicted octanol–water partition coefficient (Wildman–Crippen LogP) is 10.1. The van der Waals surface area contributed by atoms with Gasteiger partial charge < -0.3 is 18.9 Å². The molecule has 0 N–H and O–H groups in total. The van der Waals surface area contributed by atoms with E-state index in [-0.39, 0.29) is 24.1 Å². The first kappa shape index (κ1) is 35.2. The zero-order valence-electron chi connectivity index (χ0n) is 27.9. The van der Waals surface area contributed by atoms with Crippen LogP contribution >= 0.6 is 0 Å². The second kappa shape index (κ2) is 18.5. The van der Waals surface area contributed by atoms with E-state index in [0.29, 0.717) is 24.3 Å². The monoisotopic (exact) mass is 606 g/mol. The van der Waals surface area contributed by atoms with E-state index in [9.17, 15) is 9.59 Å². The summed E-state index contributed by atoms with van der Waals surface area (Å²) in [6.07, 6.45) is 10.1. The minimum atomic E-state index is -0.727. The molecule has 0 saturated carbocycles. The first-order valence-electron chi connectivity index (χ1n) is 16.9. The van der Waals surface area contributed by atoms with Gasteiger partial charge in [0, 0.05) is 21.5 Å². The van der Waals surface area contributed by atoms with Crippen molar-refractivity contribution in [2.24, 2.45) is 0 Å². The van der Waals surface area contributed by atoms with Gasteiger partial charge >= 0.3 is 11.9 Å². The third-order valence-corrected chi connectivity index (χ3v) is 7.72. The molecule has 6 heteroatoms. The largest absolute Gasteiger partial charge is 0.477 e. The van der Waals surface area contributed by atoms with Crippen LogP contribution in [0, 0.1) is 0 Å². The van der Waals surface area contributed by atoms with Gasteiger partial charge in [0.05, 0.1) is 12.2 Å². The van der Waals surface area contributed by atoms with Crippen molar-refractivity contribution < 1.29 is 28.5 Å². The Kier molecular flexibility index (Phi) is 14.8. The smallest absolute Gasteiger partial charge is 0.347 e. The van der Waals surface area contributed by atoms with E-state index in [4.69, 9.17) is 18.9 Å². The summed E-state index contributed by atoms with van der Waals surface area (Å²) in [5, 5.41) is 3.31. The Labute approximate surface area is 264 Å². The van der Waals surface area contributed by atoms with Crippen LogP contribution in [-0.2, 0) is 19.1 Å². The Morgan fingerprint density at radius 2 is 0.841 bits per heavy atom. The Balaban J connectivity index is 2.03. The number of carbonyl (C=O) groups is 2. The number of fused-ring (bicyclic) bond motifs is 2. The van der Waals surface area contributed by atoms with Crippen molar-refractivity contribution in [2.75, 3.05) is 0 Å². The maximum Gasteiger partial charge on any atom is 0.347 e. The summed E-state index contributed by atoms with van der Waals surface area (Å²) >= 11 is 0. The zero-order valence-corrected chi connectivity index (χ0v) is 27.9. The lowest BCUT2D eigenvalue weighted by Gasteiger charge is -2.25. The van der Waals surface area contributed by atoms with Crippen LogP contribution in [0.25, 0.3) is 21.5 Å². The molecule has 0 aliphatic heterocycles. The highest BCUT2D eigenvalue weighted by Crippen LogP contribution is 2.44. The maximum atomic E-state index is 13.3. The van der Waals surface area contributed by atoms with Gasteiger partial charge in [-0.1, -0.05) is 114 Å². The molecule has 0 saturated heterocycles. The van der Waals surface area contributed by atoms with Crippen molar-refractivity contribution in [2.45, 2.75) is 143 Å². The van der Waals surface area contributed by atoms with Crippen LogP contribution in [0.15, 0.2) is 48.5 Å². The molecule has 0 radical (unpaired) electrons. The average molecular weight is 607 g/mol. The number of ether oxygens (including phenoxy) is 4. The fourth-order valence-electron chi connectivity index (χ4n) is 5.52. The van der Waals surface area contributed by atoms with Crippen LogP contribution in [0.2, 0.25) is 0 Å². The third-order valence-electron chi connectivity index (χ3n) is 7.72. The van der Waals surface area contributed by atoms with Crippen molar-refractivity contribution in [3.63, 3.8) is 0 Å². The zero-order chi connectivity index (χ0) is 31.9. The molecule has 2 unspecified atom stereocenters. The van der Waals surface area contributed by atoms with Crippen molar-refractivity contribution in [3.05, 3.63) is 48.5 Å².